The summed E-state index contributed by atoms with van der Waals surface area (Å²) in [6.07, 6.45) is 4.69. The monoisotopic (exact) mass is 355 g/mol. The van der Waals surface area contributed by atoms with Gasteiger partial charge < -0.3 is 0 Å². The van der Waals surface area contributed by atoms with Gasteiger partial charge in [-0.2, -0.15) is 5.10 Å². The molecule has 134 valence electrons. The highest BCUT2D eigenvalue weighted by molar-refractivity contribution is 7.07. The summed E-state index contributed by atoms with van der Waals surface area (Å²) in [6.45, 7) is 9.94. The zero-order chi connectivity index (χ0) is 17.9. The molecule has 1 aromatic heterocycles. The number of rotatable bonds is 3. The van der Waals surface area contributed by atoms with Gasteiger partial charge in [-0.3, -0.25) is 4.99 Å². The van der Waals surface area contributed by atoms with Crippen molar-refractivity contribution in [1.82, 2.24) is 4.68 Å². The molecule has 0 N–H and O–H groups in total. The van der Waals surface area contributed by atoms with E-state index >= 15 is 0 Å². The van der Waals surface area contributed by atoms with Crippen LogP contribution in [0.2, 0.25) is 0 Å². The summed E-state index contributed by atoms with van der Waals surface area (Å²) in [6, 6.07) is 10.5. The lowest BCUT2D eigenvalue weighted by Gasteiger charge is -2.34. The summed E-state index contributed by atoms with van der Waals surface area (Å²) in [5.74, 6) is 0.798. The van der Waals surface area contributed by atoms with Crippen LogP contribution in [0.25, 0.3) is 11.3 Å². The summed E-state index contributed by atoms with van der Waals surface area (Å²) >= 11 is 1.68. The average Bonchev–Trinajstić information content (AvgIpc) is 2.98. The fourth-order valence-corrected chi connectivity index (χ4v) is 4.40. The van der Waals surface area contributed by atoms with E-state index in [-0.39, 0.29) is 0 Å². The third-order valence-corrected chi connectivity index (χ3v) is 5.93. The molecule has 0 amide bonds. The van der Waals surface area contributed by atoms with Gasteiger partial charge in [0.05, 0.1) is 5.69 Å². The third kappa shape index (κ3) is 4.30. The predicted molar refractivity (Wildman–Crippen MR) is 108 cm³/mol. The van der Waals surface area contributed by atoms with E-state index in [1.807, 2.05) is 0 Å². The van der Waals surface area contributed by atoms with Gasteiger partial charge in [-0.05, 0) is 43.9 Å². The van der Waals surface area contributed by atoms with E-state index in [0.29, 0.717) is 5.41 Å². The highest BCUT2D eigenvalue weighted by Gasteiger charge is 2.28. The number of thiazole rings is 1. The molecule has 0 aliphatic heterocycles. The van der Waals surface area contributed by atoms with Gasteiger partial charge in [0, 0.05) is 23.2 Å². The lowest BCUT2D eigenvalue weighted by Crippen LogP contribution is -2.26. The molecule has 0 radical (unpaired) electrons. The van der Waals surface area contributed by atoms with Gasteiger partial charge in [0.1, 0.15) is 0 Å². The Morgan fingerprint density at radius 2 is 1.80 bits per heavy atom. The number of hydrogen-bond acceptors (Lipinski definition) is 3. The number of aromatic nitrogens is 1. The SMILES string of the molecule is CCN=c1scc(-c2ccccc2)n1N=C1CCC(C(C)(C)C)CC1. The zero-order valence-corrected chi connectivity index (χ0v) is 16.6. The highest BCUT2D eigenvalue weighted by Crippen LogP contribution is 2.37. The second-order valence-electron chi connectivity index (χ2n) is 7.86. The van der Waals surface area contributed by atoms with Gasteiger partial charge in [0.15, 0.2) is 0 Å². The molecule has 0 bridgehead atoms. The molecular formula is C21H29N3S. The van der Waals surface area contributed by atoms with Crippen LogP contribution in [0.15, 0.2) is 45.8 Å². The molecule has 0 saturated heterocycles. The lowest BCUT2D eigenvalue weighted by atomic mass is 9.72. The lowest BCUT2D eigenvalue weighted by molar-refractivity contribution is 0.208. The number of hydrogen-bond donors (Lipinski definition) is 0. The number of benzene rings is 1. The zero-order valence-electron chi connectivity index (χ0n) is 15.8. The molecule has 0 atom stereocenters. The molecule has 3 rings (SSSR count). The second-order valence-corrected chi connectivity index (χ2v) is 8.70. The molecule has 0 spiro atoms. The Labute approximate surface area is 155 Å². The number of nitrogens with zero attached hydrogens (tertiary/aromatic N) is 3. The molecule has 2 aromatic rings. The Morgan fingerprint density at radius 3 is 2.40 bits per heavy atom. The van der Waals surface area contributed by atoms with E-state index in [0.717, 1.165) is 35.8 Å². The minimum absolute atomic E-state index is 0.402. The third-order valence-electron chi connectivity index (χ3n) is 5.08. The van der Waals surface area contributed by atoms with Crippen molar-refractivity contribution in [2.24, 2.45) is 21.4 Å². The minimum Gasteiger partial charge on any atom is -0.258 e. The largest absolute Gasteiger partial charge is 0.258 e. The second kappa shape index (κ2) is 7.69. The van der Waals surface area contributed by atoms with Gasteiger partial charge in [-0.1, -0.05) is 51.1 Å². The molecule has 4 heteroatoms. The van der Waals surface area contributed by atoms with Crippen molar-refractivity contribution in [2.45, 2.75) is 53.4 Å². The van der Waals surface area contributed by atoms with Gasteiger partial charge in [-0.15, -0.1) is 11.3 Å². The Kier molecular flexibility index (Phi) is 5.57. The first kappa shape index (κ1) is 18.1. The summed E-state index contributed by atoms with van der Waals surface area (Å²) in [5, 5.41) is 7.21. The van der Waals surface area contributed by atoms with Crippen LogP contribution in [0.4, 0.5) is 0 Å². The molecule has 1 saturated carbocycles. The van der Waals surface area contributed by atoms with Crippen molar-refractivity contribution in [2.75, 3.05) is 6.54 Å². The molecular weight excluding hydrogens is 326 g/mol. The molecule has 3 nitrogen and oxygen atoms in total. The van der Waals surface area contributed by atoms with E-state index in [4.69, 9.17) is 5.10 Å². The minimum atomic E-state index is 0.402. The predicted octanol–water partition coefficient (Wildman–Crippen LogP) is 5.58. The van der Waals surface area contributed by atoms with E-state index in [1.54, 1.807) is 11.3 Å². The summed E-state index contributed by atoms with van der Waals surface area (Å²) in [5.41, 5.74) is 4.06. The van der Waals surface area contributed by atoms with Crippen LogP contribution in [-0.4, -0.2) is 16.9 Å². The molecule has 1 aromatic carbocycles. The maximum Gasteiger partial charge on any atom is 0.206 e. The van der Waals surface area contributed by atoms with E-state index in [1.165, 1.54) is 24.1 Å². The average molecular weight is 356 g/mol. The van der Waals surface area contributed by atoms with Gasteiger partial charge in [0.25, 0.3) is 0 Å². The van der Waals surface area contributed by atoms with Crippen molar-refractivity contribution in [3.05, 3.63) is 40.5 Å². The standard InChI is InChI=1S/C21H29N3S/c1-5-22-20-24(19(15-25-20)16-9-7-6-8-10-16)23-18-13-11-17(12-14-18)21(2,3)4/h6-10,15,17H,5,11-14H2,1-4H3. The van der Waals surface area contributed by atoms with Crippen LogP contribution >= 0.6 is 11.3 Å². The van der Waals surface area contributed by atoms with Crippen molar-refractivity contribution in [3.63, 3.8) is 0 Å². The van der Waals surface area contributed by atoms with Crippen LogP contribution in [0.3, 0.4) is 0 Å². The Balaban J connectivity index is 1.92. The Morgan fingerprint density at radius 1 is 1.12 bits per heavy atom. The summed E-state index contributed by atoms with van der Waals surface area (Å²) in [7, 11) is 0. The van der Waals surface area contributed by atoms with Crippen LogP contribution in [0.1, 0.15) is 53.4 Å². The van der Waals surface area contributed by atoms with Crippen molar-refractivity contribution in [3.8, 4) is 11.3 Å². The van der Waals surface area contributed by atoms with Crippen LogP contribution < -0.4 is 4.80 Å². The van der Waals surface area contributed by atoms with Gasteiger partial charge in [-0.25, -0.2) is 4.68 Å². The smallest absolute Gasteiger partial charge is 0.206 e. The molecule has 1 aliphatic carbocycles. The molecule has 0 unspecified atom stereocenters. The fraction of sp³-hybridized carbons (Fsp3) is 0.524. The first-order chi connectivity index (χ1) is 12.0. The Hall–Kier alpha value is -1.68. The summed E-state index contributed by atoms with van der Waals surface area (Å²) < 4.78 is 2.07. The van der Waals surface area contributed by atoms with Crippen molar-refractivity contribution < 1.29 is 0 Å². The molecule has 1 fully saturated rings. The van der Waals surface area contributed by atoms with Gasteiger partial charge in [0.2, 0.25) is 4.80 Å². The first-order valence-corrected chi connectivity index (χ1v) is 10.2. The summed E-state index contributed by atoms with van der Waals surface area (Å²) in [4.78, 5) is 5.64. The van der Waals surface area contributed by atoms with Gasteiger partial charge >= 0.3 is 0 Å². The maximum atomic E-state index is 5.04. The highest BCUT2D eigenvalue weighted by atomic mass is 32.1. The Bertz CT molecular complexity index is 781. The molecule has 25 heavy (non-hydrogen) atoms. The van der Waals surface area contributed by atoms with Crippen LogP contribution in [0, 0.1) is 11.3 Å². The fourth-order valence-electron chi connectivity index (χ4n) is 3.51. The maximum absolute atomic E-state index is 5.04. The topological polar surface area (TPSA) is 29.6 Å². The van der Waals surface area contributed by atoms with Crippen molar-refractivity contribution >= 4 is 17.0 Å². The van der Waals surface area contributed by atoms with Crippen molar-refractivity contribution in [1.29, 1.82) is 0 Å². The molecule has 1 heterocycles. The quantitative estimate of drug-likeness (QED) is 0.688. The van der Waals surface area contributed by atoms with E-state index in [9.17, 15) is 0 Å². The normalized spacial score (nSPS) is 19.3. The molecule has 1 aliphatic rings. The van der Waals surface area contributed by atoms with E-state index in [2.05, 4.69) is 73.1 Å². The first-order valence-electron chi connectivity index (χ1n) is 9.32. The van der Waals surface area contributed by atoms with Crippen LogP contribution in [-0.2, 0) is 0 Å². The van der Waals surface area contributed by atoms with E-state index < -0.39 is 0 Å². The van der Waals surface area contributed by atoms with Crippen LogP contribution in [0.5, 0.6) is 0 Å².